The summed E-state index contributed by atoms with van der Waals surface area (Å²) in [6.07, 6.45) is 0. The molecule has 24 heavy (non-hydrogen) atoms. The van der Waals surface area contributed by atoms with E-state index in [0.29, 0.717) is 10.7 Å². The first-order chi connectivity index (χ1) is 11.3. The summed E-state index contributed by atoms with van der Waals surface area (Å²) in [7, 11) is 0. The zero-order chi connectivity index (χ0) is 17.9. The van der Waals surface area contributed by atoms with Gasteiger partial charge in [0.15, 0.2) is 6.61 Å². The van der Waals surface area contributed by atoms with E-state index in [1.165, 1.54) is 18.2 Å². The molecule has 1 N–H and O–H groups in total. The van der Waals surface area contributed by atoms with Crippen molar-refractivity contribution in [3.05, 3.63) is 61.5 Å². The highest BCUT2D eigenvalue weighted by molar-refractivity contribution is 9.10. The van der Waals surface area contributed by atoms with Crippen LogP contribution < -0.4 is 5.32 Å². The summed E-state index contributed by atoms with van der Waals surface area (Å²) in [5, 5.41) is 3.31. The molecule has 0 bridgehead atoms. The SMILES string of the molecule is Cc1cc(NC(=O)COC(=O)c2ccc(Cl)c(Cl)c2)c(C)cc1Br. The van der Waals surface area contributed by atoms with Gasteiger partial charge in [0, 0.05) is 10.2 Å². The Kier molecular flexibility index (Phi) is 6.27. The van der Waals surface area contributed by atoms with Gasteiger partial charge in [0.05, 0.1) is 15.6 Å². The van der Waals surface area contributed by atoms with Crippen LogP contribution in [0.3, 0.4) is 0 Å². The topological polar surface area (TPSA) is 55.4 Å². The zero-order valence-electron chi connectivity index (χ0n) is 13.0. The van der Waals surface area contributed by atoms with Crippen molar-refractivity contribution in [1.29, 1.82) is 0 Å². The van der Waals surface area contributed by atoms with Gasteiger partial charge in [-0.25, -0.2) is 4.79 Å². The smallest absolute Gasteiger partial charge is 0.338 e. The van der Waals surface area contributed by atoms with E-state index in [0.717, 1.165) is 15.6 Å². The number of esters is 1. The molecule has 0 spiro atoms. The Morgan fingerprint density at radius 3 is 2.46 bits per heavy atom. The molecule has 0 aliphatic heterocycles. The molecule has 0 radical (unpaired) electrons. The van der Waals surface area contributed by atoms with E-state index < -0.39 is 18.5 Å². The summed E-state index contributed by atoms with van der Waals surface area (Å²) in [4.78, 5) is 23.9. The predicted octanol–water partition coefficient (Wildman–Crippen LogP) is 5.17. The number of anilines is 1. The Morgan fingerprint density at radius 2 is 1.79 bits per heavy atom. The first kappa shape index (κ1) is 18.8. The van der Waals surface area contributed by atoms with Crippen LogP contribution >= 0.6 is 39.1 Å². The van der Waals surface area contributed by atoms with Gasteiger partial charge in [0.1, 0.15) is 0 Å². The molecular formula is C17H14BrCl2NO3. The van der Waals surface area contributed by atoms with Gasteiger partial charge >= 0.3 is 5.97 Å². The molecule has 0 saturated heterocycles. The fourth-order valence-corrected chi connectivity index (χ4v) is 2.70. The molecule has 0 aliphatic rings. The summed E-state index contributed by atoms with van der Waals surface area (Å²) in [5.74, 6) is -1.07. The molecular weight excluding hydrogens is 417 g/mol. The van der Waals surface area contributed by atoms with Gasteiger partial charge in [0.25, 0.3) is 5.91 Å². The van der Waals surface area contributed by atoms with Crippen molar-refractivity contribution < 1.29 is 14.3 Å². The number of amides is 1. The lowest BCUT2D eigenvalue weighted by Crippen LogP contribution is -2.21. The minimum absolute atomic E-state index is 0.230. The van der Waals surface area contributed by atoms with Crippen LogP contribution in [0.4, 0.5) is 5.69 Å². The third-order valence-corrected chi connectivity index (χ3v) is 4.86. The van der Waals surface area contributed by atoms with Crippen molar-refractivity contribution in [3.63, 3.8) is 0 Å². The number of halogens is 3. The van der Waals surface area contributed by atoms with E-state index >= 15 is 0 Å². The number of benzene rings is 2. The molecule has 1 amide bonds. The number of ether oxygens (including phenoxy) is 1. The van der Waals surface area contributed by atoms with Crippen LogP contribution in [-0.4, -0.2) is 18.5 Å². The first-order valence-electron chi connectivity index (χ1n) is 6.96. The Bertz CT molecular complexity index is 809. The van der Waals surface area contributed by atoms with Gasteiger partial charge in [-0.3, -0.25) is 4.79 Å². The highest BCUT2D eigenvalue weighted by atomic mass is 79.9. The van der Waals surface area contributed by atoms with E-state index in [-0.39, 0.29) is 10.6 Å². The maximum Gasteiger partial charge on any atom is 0.338 e. The summed E-state index contributed by atoms with van der Waals surface area (Å²) in [6.45, 7) is 3.40. The molecule has 0 atom stereocenters. The second-order valence-electron chi connectivity index (χ2n) is 5.17. The second kappa shape index (κ2) is 8.01. The Morgan fingerprint density at radius 1 is 1.08 bits per heavy atom. The van der Waals surface area contributed by atoms with E-state index in [1.807, 2.05) is 26.0 Å². The predicted molar refractivity (Wildman–Crippen MR) is 99.0 cm³/mol. The van der Waals surface area contributed by atoms with E-state index in [2.05, 4.69) is 21.2 Å². The van der Waals surface area contributed by atoms with Crippen molar-refractivity contribution in [3.8, 4) is 0 Å². The zero-order valence-corrected chi connectivity index (χ0v) is 16.1. The van der Waals surface area contributed by atoms with Gasteiger partial charge in [-0.2, -0.15) is 0 Å². The van der Waals surface area contributed by atoms with E-state index in [4.69, 9.17) is 27.9 Å². The summed E-state index contributed by atoms with van der Waals surface area (Å²) < 4.78 is 5.95. The minimum atomic E-state index is -0.646. The number of carbonyl (C=O) groups is 2. The van der Waals surface area contributed by atoms with E-state index in [1.54, 1.807) is 0 Å². The number of nitrogens with one attached hydrogen (secondary N) is 1. The van der Waals surface area contributed by atoms with Crippen molar-refractivity contribution in [1.82, 2.24) is 0 Å². The lowest BCUT2D eigenvalue weighted by molar-refractivity contribution is -0.119. The summed E-state index contributed by atoms with van der Waals surface area (Å²) in [6, 6.07) is 8.13. The average Bonchev–Trinajstić information content (AvgIpc) is 2.53. The van der Waals surface area contributed by atoms with Crippen molar-refractivity contribution in [2.24, 2.45) is 0 Å². The fourth-order valence-electron chi connectivity index (χ4n) is 1.94. The lowest BCUT2D eigenvalue weighted by Gasteiger charge is -2.11. The average molecular weight is 431 g/mol. The Hall–Kier alpha value is -1.56. The Balaban J connectivity index is 1.97. The van der Waals surface area contributed by atoms with Crippen molar-refractivity contribution >= 4 is 56.7 Å². The summed E-state index contributed by atoms with van der Waals surface area (Å²) >= 11 is 15.1. The van der Waals surface area contributed by atoms with Crippen molar-refractivity contribution in [2.75, 3.05) is 11.9 Å². The molecule has 2 rings (SSSR count). The van der Waals surface area contributed by atoms with Crippen molar-refractivity contribution in [2.45, 2.75) is 13.8 Å². The molecule has 0 heterocycles. The maximum atomic E-state index is 12.0. The number of rotatable bonds is 4. The van der Waals surface area contributed by atoms with Gasteiger partial charge in [-0.05, 0) is 55.3 Å². The lowest BCUT2D eigenvalue weighted by atomic mass is 10.1. The molecule has 0 aliphatic carbocycles. The maximum absolute atomic E-state index is 12.0. The van der Waals surface area contributed by atoms with Crippen LogP contribution in [0.2, 0.25) is 10.0 Å². The number of aryl methyl sites for hydroxylation is 2. The quantitative estimate of drug-likeness (QED) is 0.680. The van der Waals surface area contributed by atoms with Gasteiger partial charge in [-0.15, -0.1) is 0 Å². The molecule has 2 aromatic rings. The standard InChI is InChI=1S/C17H14BrCl2NO3/c1-9-6-15(10(2)5-12(9)18)21-16(22)8-24-17(23)11-3-4-13(19)14(20)7-11/h3-7H,8H2,1-2H3,(H,21,22). The third kappa shape index (κ3) is 4.72. The van der Waals surface area contributed by atoms with Crippen LogP contribution in [0.25, 0.3) is 0 Å². The molecule has 7 heteroatoms. The normalized spacial score (nSPS) is 10.4. The van der Waals surface area contributed by atoms with Gasteiger partial charge in [0.2, 0.25) is 0 Å². The van der Waals surface area contributed by atoms with Gasteiger partial charge < -0.3 is 10.1 Å². The summed E-state index contributed by atoms with van der Waals surface area (Å²) in [5.41, 5.74) is 2.79. The minimum Gasteiger partial charge on any atom is -0.452 e. The van der Waals surface area contributed by atoms with Crippen LogP contribution in [0.1, 0.15) is 21.5 Å². The fraction of sp³-hybridized carbons (Fsp3) is 0.176. The molecule has 126 valence electrons. The molecule has 2 aromatic carbocycles. The first-order valence-corrected chi connectivity index (χ1v) is 8.51. The van der Waals surface area contributed by atoms with Crippen LogP contribution in [0.15, 0.2) is 34.8 Å². The van der Waals surface area contributed by atoms with Crippen LogP contribution in [-0.2, 0) is 9.53 Å². The molecule has 0 saturated carbocycles. The molecule has 4 nitrogen and oxygen atoms in total. The van der Waals surface area contributed by atoms with E-state index in [9.17, 15) is 9.59 Å². The monoisotopic (exact) mass is 429 g/mol. The van der Waals surface area contributed by atoms with Crippen LogP contribution in [0.5, 0.6) is 0 Å². The highest BCUT2D eigenvalue weighted by Gasteiger charge is 2.13. The second-order valence-corrected chi connectivity index (χ2v) is 6.84. The van der Waals surface area contributed by atoms with Gasteiger partial charge in [-0.1, -0.05) is 39.1 Å². The largest absolute Gasteiger partial charge is 0.452 e. The number of hydrogen-bond acceptors (Lipinski definition) is 3. The Labute approximate surface area is 158 Å². The molecule has 0 aromatic heterocycles. The molecule has 0 unspecified atom stereocenters. The third-order valence-electron chi connectivity index (χ3n) is 3.27. The number of hydrogen-bond donors (Lipinski definition) is 1. The van der Waals surface area contributed by atoms with Crippen LogP contribution in [0, 0.1) is 13.8 Å². The highest BCUT2D eigenvalue weighted by Crippen LogP contribution is 2.25. The number of carbonyl (C=O) groups excluding carboxylic acids is 2. The molecule has 0 fully saturated rings.